The predicted octanol–water partition coefficient (Wildman–Crippen LogP) is 4.34. The molecule has 3 unspecified atom stereocenters. The van der Waals surface area contributed by atoms with E-state index in [1.165, 1.54) is 22.7 Å². The quantitative estimate of drug-likeness (QED) is 0.120. The van der Waals surface area contributed by atoms with E-state index in [0.29, 0.717) is 5.69 Å². The molecule has 2 saturated heterocycles. The maximum atomic E-state index is 13.7. The number of anilines is 1. The average molecular weight is 657 g/mol. The molecular weight excluding hydrogens is 620 g/mol. The van der Waals surface area contributed by atoms with Crippen LogP contribution in [0.15, 0.2) is 104 Å². The highest BCUT2D eigenvalue weighted by atomic mass is 32.2. The fraction of sp³-hybridized carbons (Fsp3) is 0.286. The number of amides is 4. The molecule has 4 N–H and O–H groups in total. The van der Waals surface area contributed by atoms with Crippen LogP contribution in [0.1, 0.15) is 36.5 Å². The van der Waals surface area contributed by atoms with Gasteiger partial charge in [0, 0.05) is 24.4 Å². The van der Waals surface area contributed by atoms with Crippen LogP contribution in [0, 0.1) is 5.41 Å². The fourth-order valence-corrected chi connectivity index (χ4v) is 7.06. The molecule has 244 valence electrons. The van der Waals surface area contributed by atoms with E-state index in [4.69, 9.17) is 4.74 Å². The Labute approximate surface area is 276 Å². The summed E-state index contributed by atoms with van der Waals surface area (Å²) in [5.74, 6) is -2.22. The van der Waals surface area contributed by atoms with Gasteiger partial charge in [0.05, 0.1) is 0 Å². The number of ether oxygens (including phenoxy) is 1. The van der Waals surface area contributed by atoms with Crippen molar-refractivity contribution in [1.29, 1.82) is 0 Å². The number of carbonyl (C=O) groups excluding carboxylic acids is 4. The molecule has 4 atom stereocenters. The van der Waals surface area contributed by atoms with Crippen molar-refractivity contribution in [2.45, 2.75) is 42.8 Å². The topological polar surface area (TPSA) is 154 Å². The molecule has 2 aliphatic heterocycles. The lowest BCUT2D eigenvalue weighted by molar-refractivity contribution is -0.156. The number of esters is 1. The van der Waals surface area contributed by atoms with Crippen molar-refractivity contribution < 1.29 is 33.8 Å². The van der Waals surface area contributed by atoms with E-state index in [9.17, 15) is 29.1 Å². The zero-order valence-corrected chi connectivity index (χ0v) is 26.4. The van der Waals surface area contributed by atoms with E-state index >= 15 is 0 Å². The number of nitrogens with one attached hydrogen (secondary N) is 3. The van der Waals surface area contributed by atoms with Crippen LogP contribution in [0.4, 0.5) is 10.5 Å². The molecule has 11 nitrogen and oxygen atoms in total. The van der Waals surface area contributed by atoms with Gasteiger partial charge >= 0.3 is 18.0 Å². The summed E-state index contributed by atoms with van der Waals surface area (Å²) >= 11 is 1.29. The van der Waals surface area contributed by atoms with Gasteiger partial charge in [-0.05, 0) is 36.1 Å². The summed E-state index contributed by atoms with van der Waals surface area (Å²) in [5, 5.41) is 17.4. The number of carboxylic acid groups (broad SMARTS) is 1. The molecule has 3 aromatic rings. The van der Waals surface area contributed by atoms with Crippen LogP contribution >= 0.6 is 11.8 Å². The zero-order chi connectivity index (χ0) is 33.4. The Balaban J connectivity index is 1.22. The Morgan fingerprint density at radius 3 is 2.15 bits per heavy atom. The second-order valence-corrected chi connectivity index (χ2v) is 12.5. The van der Waals surface area contributed by atoms with Crippen LogP contribution < -0.4 is 16.0 Å². The van der Waals surface area contributed by atoms with Crippen LogP contribution in [0.2, 0.25) is 0 Å². The number of β-lactam (4-membered cyclic amide) rings is 1. The third kappa shape index (κ3) is 7.83. The smallest absolute Gasteiger partial charge is 0.329 e. The van der Waals surface area contributed by atoms with Crippen molar-refractivity contribution in [3.05, 3.63) is 115 Å². The molecule has 0 radical (unpaired) electrons. The first-order valence-corrected chi connectivity index (χ1v) is 16.3. The summed E-state index contributed by atoms with van der Waals surface area (Å²) in [7, 11) is 0. The number of urea groups is 1. The summed E-state index contributed by atoms with van der Waals surface area (Å²) in [4.78, 5) is 65.5. The molecule has 12 heteroatoms. The number of hydrogen-bond donors (Lipinski definition) is 4. The first-order chi connectivity index (χ1) is 22.7. The molecule has 3 aromatic carbocycles. The highest BCUT2D eigenvalue weighted by Crippen LogP contribution is 2.42. The molecule has 2 heterocycles. The third-order valence-electron chi connectivity index (χ3n) is 8.20. The minimum atomic E-state index is -1.23. The lowest BCUT2D eigenvalue weighted by Gasteiger charge is -2.53. The van der Waals surface area contributed by atoms with Crippen molar-refractivity contribution >= 4 is 47.2 Å². The Bertz CT molecular complexity index is 1570. The van der Waals surface area contributed by atoms with Crippen molar-refractivity contribution in [2.75, 3.05) is 17.6 Å². The van der Waals surface area contributed by atoms with Gasteiger partial charge < -0.3 is 30.7 Å². The molecule has 0 saturated carbocycles. The molecule has 2 aliphatic rings. The van der Waals surface area contributed by atoms with E-state index in [1.807, 2.05) is 66.7 Å². The maximum Gasteiger partial charge on any atom is 0.329 e. The first kappa shape index (κ1) is 33.3. The maximum absolute atomic E-state index is 13.7. The van der Waals surface area contributed by atoms with Crippen LogP contribution in [0.3, 0.4) is 0 Å². The molecule has 47 heavy (non-hydrogen) atoms. The summed E-state index contributed by atoms with van der Waals surface area (Å²) in [5.41, 5.74) is 0.825. The highest BCUT2D eigenvalue weighted by molar-refractivity contribution is 8.00. The molecule has 0 aliphatic carbocycles. The predicted molar refractivity (Wildman–Crippen MR) is 177 cm³/mol. The van der Waals surface area contributed by atoms with Gasteiger partial charge in [-0.1, -0.05) is 84.9 Å². The third-order valence-corrected chi connectivity index (χ3v) is 9.75. The number of para-hydroxylation sites is 1. The van der Waals surface area contributed by atoms with Gasteiger partial charge in [-0.3, -0.25) is 14.4 Å². The number of fused-ring (bicyclic) bond motifs is 1. The molecular formula is C35H36N4O7S. The molecule has 0 aromatic heterocycles. The minimum absolute atomic E-state index is 0.00215. The van der Waals surface area contributed by atoms with Crippen molar-refractivity contribution in [2.24, 2.45) is 5.41 Å². The van der Waals surface area contributed by atoms with E-state index in [-0.39, 0.29) is 42.8 Å². The van der Waals surface area contributed by atoms with E-state index in [1.54, 1.807) is 24.3 Å². The summed E-state index contributed by atoms with van der Waals surface area (Å²) in [6.45, 7) is 3.64. The average Bonchev–Trinajstić information content (AvgIpc) is 3.09. The number of rotatable bonds is 13. The van der Waals surface area contributed by atoms with Crippen LogP contribution in [0.5, 0.6) is 0 Å². The van der Waals surface area contributed by atoms with Crippen LogP contribution in [-0.2, 0) is 23.9 Å². The molecule has 2 fully saturated rings. The van der Waals surface area contributed by atoms with Crippen molar-refractivity contribution in [3.63, 3.8) is 0 Å². The summed E-state index contributed by atoms with van der Waals surface area (Å²) in [6, 6.07) is 24.9. The highest BCUT2D eigenvalue weighted by Gasteiger charge is 2.56. The monoisotopic (exact) mass is 656 g/mol. The van der Waals surface area contributed by atoms with Gasteiger partial charge in [0.15, 0.2) is 6.10 Å². The fourth-order valence-electron chi connectivity index (χ4n) is 5.53. The molecule has 0 bridgehead atoms. The standard InChI is InChI=1S/C35H36N4O7S/c1-2-35(33(43)44)21-39-30(41)28(31(39)47-22-35)38-27(40)20-12-19-26(37-34(45)36-25-17-10-5-11-18-25)32(42)46-29(23-13-6-3-7-14-23)24-15-8-4-9-16-24/h2-11,13-18,26,28-29,31H,1,12,19-22H2,(H,38,40)(H,43,44)(H2,36,37,45)/t26?,28?,31-,35?/m1/s1. The number of benzene rings is 3. The normalized spacial score (nSPS) is 20.6. The van der Waals surface area contributed by atoms with Gasteiger partial charge in [0.1, 0.15) is 22.9 Å². The van der Waals surface area contributed by atoms with Crippen molar-refractivity contribution in [1.82, 2.24) is 15.5 Å². The Hall–Kier alpha value is -5.10. The zero-order valence-electron chi connectivity index (χ0n) is 25.5. The number of carbonyl (C=O) groups is 5. The lowest BCUT2D eigenvalue weighted by Crippen LogP contribution is -2.73. The lowest BCUT2D eigenvalue weighted by atomic mass is 9.87. The number of aliphatic carboxylic acids is 1. The summed E-state index contributed by atoms with van der Waals surface area (Å²) < 4.78 is 6.02. The van der Waals surface area contributed by atoms with Gasteiger partial charge in [-0.15, -0.1) is 18.3 Å². The minimum Gasteiger partial charge on any atom is -0.481 e. The molecule has 4 amide bonds. The number of thioether (sulfide) groups is 1. The van der Waals surface area contributed by atoms with Crippen LogP contribution in [0.25, 0.3) is 0 Å². The van der Waals surface area contributed by atoms with Gasteiger partial charge in [0.25, 0.3) is 0 Å². The Morgan fingerprint density at radius 2 is 1.57 bits per heavy atom. The van der Waals surface area contributed by atoms with E-state index in [0.717, 1.165) is 11.1 Å². The summed E-state index contributed by atoms with van der Waals surface area (Å²) in [6.07, 6.45) is 0.916. The van der Waals surface area contributed by atoms with Crippen molar-refractivity contribution in [3.8, 4) is 0 Å². The van der Waals surface area contributed by atoms with Crippen LogP contribution in [-0.4, -0.2) is 69.5 Å². The second-order valence-electron chi connectivity index (χ2n) is 11.4. The number of nitrogens with zero attached hydrogens (tertiary/aromatic N) is 1. The SMILES string of the molecule is C=CC1(C(=O)O)CS[C@@H]2C(NC(=O)CCCC(NC(=O)Nc3ccccc3)C(=O)OC(c3ccccc3)c3ccccc3)C(=O)N2C1. The molecule has 5 rings (SSSR count). The van der Waals surface area contributed by atoms with E-state index in [2.05, 4.69) is 22.5 Å². The van der Waals surface area contributed by atoms with Gasteiger partial charge in [-0.25, -0.2) is 9.59 Å². The number of hydrogen-bond acceptors (Lipinski definition) is 7. The van der Waals surface area contributed by atoms with Gasteiger partial charge in [-0.2, -0.15) is 0 Å². The largest absolute Gasteiger partial charge is 0.481 e. The second kappa shape index (κ2) is 15.0. The van der Waals surface area contributed by atoms with E-state index < -0.39 is 47.5 Å². The first-order valence-electron chi connectivity index (χ1n) is 15.2. The van der Waals surface area contributed by atoms with Gasteiger partial charge in [0.2, 0.25) is 11.8 Å². The molecule has 0 spiro atoms. The number of carboxylic acids is 1. The Morgan fingerprint density at radius 1 is 0.979 bits per heavy atom. The Kier molecular flexibility index (Phi) is 10.6.